The fourth-order valence-electron chi connectivity index (χ4n) is 3.94. The van der Waals surface area contributed by atoms with E-state index in [4.69, 9.17) is 9.72 Å². The molecule has 1 N–H and O–H groups in total. The Kier molecular flexibility index (Phi) is 7.85. The van der Waals surface area contributed by atoms with Crippen LogP contribution in [0.5, 0.6) is 5.75 Å². The van der Waals surface area contributed by atoms with Gasteiger partial charge in [-0.1, -0.05) is 12.1 Å². The lowest BCUT2D eigenvalue weighted by molar-refractivity contribution is -0.128. The third-order valence-electron chi connectivity index (χ3n) is 5.56. The van der Waals surface area contributed by atoms with Gasteiger partial charge in [0.1, 0.15) is 17.4 Å². The summed E-state index contributed by atoms with van der Waals surface area (Å²) in [6, 6.07) is 10.4. The van der Waals surface area contributed by atoms with Gasteiger partial charge in [0.25, 0.3) is 0 Å². The average molecular weight is 426 g/mol. The molecule has 7 heteroatoms. The number of carbonyl (C=O) groups is 1. The highest BCUT2D eigenvalue weighted by molar-refractivity contribution is 5.72. The molecule has 31 heavy (non-hydrogen) atoms. The van der Waals surface area contributed by atoms with Crippen LogP contribution in [0.2, 0.25) is 0 Å². The molecule has 7 nitrogen and oxygen atoms in total. The van der Waals surface area contributed by atoms with Crippen molar-refractivity contribution in [2.75, 3.05) is 32.5 Å². The van der Waals surface area contributed by atoms with Crippen LogP contribution in [0.15, 0.2) is 30.3 Å². The van der Waals surface area contributed by atoms with E-state index in [0.717, 1.165) is 49.7 Å². The van der Waals surface area contributed by atoms with E-state index in [1.807, 2.05) is 33.0 Å². The molecule has 168 valence electrons. The number of nitrogens with zero attached hydrogens (tertiary/aromatic N) is 4. The van der Waals surface area contributed by atoms with Crippen LogP contribution in [0, 0.1) is 0 Å². The Morgan fingerprint density at radius 2 is 2.13 bits per heavy atom. The predicted molar refractivity (Wildman–Crippen MR) is 123 cm³/mol. The number of aromatic nitrogens is 2. The van der Waals surface area contributed by atoms with E-state index in [1.54, 1.807) is 18.9 Å². The molecule has 1 aromatic carbocycles. The van der Waals surface area contributed by atoms with Crippen molar-refractivity contribution in [3.05, 3.63) is 47.4 Å². The maximum atomic E-state index is 11.6. The van der Waals surface area contributed by atoms with Crippen LogP contribution in [0.1, 0.15) is 56.6 Å². The lowest BCUT2D eigenvalue weighted by Gasteiger charge is -2.33. The Labute approximate surface area is 185 Å². The number of rotatable bonds is 8. The van der Waals surface area contributed by atoms with E-state index in [-0.39, 0.29) is 12.0 Å². The van der Waals surface area contributed by atoms with Crippen molar-refractivity contribution in [3.8, 4) is 5.75 Å². The van der Waals surface area contributed by atoms with Crippen LogP contribution in [0.4, 0.5) is 5.82 Å². The summed E-state index contributed by atoms with van der Waals surface area (Å²) in [6.07, 6.45) is 2.41. The molecule has 1 atom stereocenters. The van der Waals surface area contributed by atoms with Crippen LogP contribution in [-0.2, 0) is 17.9 Å². The minimum absolute atomic E-state index is 0.00697. The quantitative estimate of drug-likeness (QED) is 0.696. The van der Waals surface area contributed by atoms with E-state index in [9.17, 15) is 4.79 Å². The Morgan fingerprint density at radius 3 is 2.84 bits per heavy atom. The lowest BCUT2D eigenvalue weighted by Crippen LogP contribution is -2.34. The summed E-state index contributed by atoms with van der Waals surface area (Å²) in [5, 5.41) is 3.14. The maximum absolute atomic E-state index is 11.6. The molecule has 1 aliphatic heterocycles. The minimum atomic E-state index is 0.00697. The van der Waals surface area contributed by atoms with E-state index >= 15 is 0 Å². The fraction of sp³-hybridized carbons (Fsp3) is 0.542. The molecule has 1 saturated heterocycles. The van der Waals surface area contributed by atoms with Gasteiger partial charge in [0.05, 0.1) is 18.3 Å². The first-order valence-electron chi connectivity index (χ1n) is 11.1. The number of benzene rings is 1. The zero-order valence-corrected chi connectivity index (χ0v) is 19.4. The zero-order valence-electron chi connectivity index (χ0n) is 19.4. The van der Waals surface area contributed by atoms with Crippen LogP contribution < -0.4 is 10.1 Å². The van der Waals surface area contributed by atoms with Gasteiger partial charge in [-0.3, -0.25) is 9.69 Å². The molecular weight excluding hydrogens is 390 g/mol. The van der Waals surface area contributed by atoms with Gasteiger partial charge in [-0.25, -0.2) is 9.97 Å². The van der Waals surface area contributed by atoms with E-state index in [1.165, 1.54) is 5.56 Å². The Balaban J connectivity index is 1.72. The maximum Gasteiger partial charge on any atom is 0.219 e. The topological polar surface area (TPSA) is 70.6 Å². The number of nitrogens with one attached hydrogen (secondary N) is 1. The number of ether oxygens (including phenoxy) is 1. The first-order valence-corrected chi connectivity index (χ1v) is 11.1. The lowest BCUT2D eigenvalue weighted by atomic mass is 9.94. The van der Waals surface area contributed by atoms with E-state index in [0.29, 0.717) is 18.3 Å². The third kappa shape index (κ3) is 6.66. The van der Waals surface area contributed by atoms with Crippen molar-refractivity contribution >= 4 is 11.7 Å². The molecule has 0 saturated carbocycles. The summed E-state index contributed by atoms with van der Waals surface area (Å²) in [4.78, 5) is 25.1. The van der Waals surface area contributed by atoms with Crippen molar-refractivity contribution < 1.29 is 9.53 Å². The van der Waals surface area contributed by atoms with E-state index in [2.05, 4.69) is 33.4 Å². The highest BCUT2D eigenvalue weighted by Gasteiger charge is 2.24. The number of hydrogen-bond donors (Lipinski definition) is 1. The number of hydrogen-bond acceptors (Lipinski definition) is 6. The average Bonchev–Trinajstić information content (AvgIpc) is 2.73. The fourth-order valence-corrected chi connectivity index (χ4v) is 3.94. The minimum Gasteiger partial charge on any atom is -0.491 e. The molecule has 1 aliphatic rings. The molecule has 0 aliphatic carbocycles. The number of carbonyl (C=O) groups excluding carboxylic acids is 1. The highest BCUT2D eigenvalue weighted by Crippen LogP contribution is 2.28. The van der Waals surface area contributed by atoms with Gasteiger partial charge in [0, 0.05) is 46.1 Å². The van der Waals surface area contributed by atoms with E-state index < -0.39 is 0 Å². The largest absolute Gasteiger partial charge is 0.491 e. The smallest absolute Gasteiger partial charge is 0.219 e. The molecule has 0 spiro atoms. The van der Waals surface area contributed by atoms with Crippen molar-refractivity contribution in [1.29, 1.82) is 0 Å². The number of likely N-dealkylation sites (tertiary alicyclic amines) is 1. The normalized spacial score (nSPS) is 16.9. The van der Waals surface area contributed by atoms with Crippen molar-refractivity contribution in [3.63, 3.8) is 0 Å². The molecule has 1 fully saturated rings. The third-order valence-corrected chi connectivity index (χ3v) is 5.56. The highest BCUT2D eigenvalue weighted by atomic mass is 16.5. The Bertz CT molecular complexity index is 886. The second-order valence-corrected chi connectivity index (χ2v) is 8.61. The van der Waals surface area contributed by atoms with Gasteiger partial charge < -0.3 is 15.0 Å². The van der Waals surface area contributed by atoms with Crippen molar-refractivity contribution in [1.82, 2.24) is 19.8 Å². The number of piperidine rings is 1. The summed E-state index contributed by atoms with van der Waals surface area (Å²) < 4.78 is 5.85. The molecule has 1 unspecified atom stereocenters. The molecule has 0 radical (unpaired) electrons. The van der Waals surface area contributed by atoms with Crippen molar-refractivity contribution in [2.24, 2.45) is 0 Å². The number of amides is 1. The second-order valence-electron chi connectivity index (χ2n) is 8.61. The van der Waals surface area contributed by atoms with Gasteiger partial charge in [0.15, 0.2) is 0 Å². The first kappa shape index (κ1) is 23.0. The molecule has 2 heterocycles. The predicted octanol–water partition coefficient (Wildman–Crippen LogP) is 3.66. The SMILES string of the molecule is CNc1cc(C2CCCN(Cc3cccc(OC(C)C)c3)C2)nc(CN(C)C(C)=O)n1. The summed E-state index contributed by atoms with van der Waals surface area (Å²) in [5.74, 6) is 2.76. The van der Waals surface area contributed by atoms with Crippen LogP contribution >= 0.6 is 0 Å². The molecule has 0 bridgehead atoms. The van der Waals surface area contributed by atoms with Crippen LogP contribution in [-0.4, -0.2) is 59.0 Å². The molecule has 1 aromatic heterocycles. The van der Waals surface area contributed by atoms with Gasteiger partial charge in [-0.2, -0.15) is 0 Å². The Morgan fingerprint density at radius 1 is 1.32 bits per heavy atom. The standard InChI is InChI=1S/C24H35N5O2/c1-17(2)31-21-10-6-8-19(12-21)14-29-11-7-9-20(15-29)22-13-23(25-4)27-24(26-22)16-28(5)18(3)30/h6,8,10,12-13,17,20H,7,9,11,14-16H2,1-5H3,(H,25,26,27). The van der Waals surface area contributed by atoms with Gasteiger partial charge >= 0.3 is 0 Å². The number of anilines is 1. The summed E-state index contributed by atoms with van der Waals surface area (Å²) in [5.41, 5.74) is 2.31. The van der Waals surface area contributed by atoms with Gasteiger partial charge in [-0.15, -0.1) is 0 Å². The Hall–Kier alpha value is -2.67. The van der Waals surface area contributed by atoms with Gasteiger partial charge in [0.2, 0.25) is 5.91 Å². The second kappa shape index (κ2) is 10.6. The van der Waals surface area contributed by atoms with Crippen LogP contribution in [0.25, 0.3) is 0 Å². The molecule has 3 rings (SSSR count). The molecule has 2 aromatic rings. The van der Waals surface area contributed by atoms with Crippen LogP contribution in [0.3, 0.4) is 0 Å². The van der Waals surface area contributed by atoms with Gasteiger partial charge in [-0.05, 0) is 50.9 Å². The summed E-state index contributed by atoms with van der Waals surface area (Å²) in [7, 11) is 3.64. The summed E-state index contributed by atoms with van der Waals surface area (Å²) in [6.45, 7) is 9.00. The first-order chi connectivity index (χ1) is 14.8. The molecule has 1 amide bonds. The van der Waals surface area contributed by atoms with Crippen molar-refractivity contribution in [2.45, 2.75) is 58.7 Å². The molecular formula is C24H35N5O2. The zero-order chi connectivity index (χ0) is 22.4. The summed E-state index contributed by atoms with van der Waals surface area (Å²) >= 11 is 0. The monoisotopic (exact) mass is 425 g/mol.